The summed E-state index contributed by atoms with van der Waals surface area (Å²) in [5.74, 6) is -0.970. The smallest absolute Gasteiger partial charge is 0.337 e. The van der Waals surface area contributed by atoms with Gasteiger partial charge in [0.2, 0.25) is 0 Å². The molecule has 0 amide bonds. The molecule has 1 heterocycles. The molecule has 2 rings (SSSR count). The van der Waals surface area contributed by atoms with Crippen molar-refractivity contribution in [2.75, 3.05) is 23.7 Å². The average molecular weight is 262 g/mol. The lowest BCUT2D eigenvalue weighted by molar-refractivity contribution is 0.0698. The van der Waals surface area contributed by atoms with E-state index in [-0.39, 0.29) is 5.56 Å². The van der Waals surface area contributed by atoms with Gasteiger partial charge in [-0.1, -0.05) is 13.8 Å². The maximum Gasteiger partial charge on any atom is 0.337 e. The van der Waals surface area contributed by atoms with Gasteiger partial charge in [0.05, 0.1) is 5.56 Å². The predicted molar refractivity (Wildman–Crippen MR) is 77.7 cm³/mol. The minimum Gasteiger partial charge on any atom is -0.478 e. The van der Waals surface area contributed by atoms with Crippen LogP contribution in [-0.2, 0) is 0 Å². The molecule has 19 heavy (non-hydrogen) atoms. The van der Waals surface area contributed by atoms with E-state index >= 15 is 0 Å². The Morgan fingerprint density at radius 3 is 2.58 bits per heavy atom. The number of carboxylic acid groups (broad SMARTS) is 1. The minimum absolute atomic E-state index is 0.181. The van der Waals surface area contributed by atoms with Crippen LogP contribution >= 0.6 is 0 Å². The molecule has 0 atom stereocenters. The number of hydrogen-bond acceptors (Lipinski definition) is 3. The van der Waals surface area contributed by atoms with Gasteiger partial charge in [0.1, 0.15) is 0 Å². The van der Waals surface area contributed by atoms with Crippen molar-refractivity contribution in [1.82, 2.24) is 0 Å². The first kappa shape index (κ1) is 13.7. The molecule has 0 aromatic heterocycles. The van der Waals surface area contributed by atoms with Crippen molar-refractivity contribution in [3.05, 3.63) is 23.8 Å². The van der Waals surface area contributed by atoms with Crippen LogP contribution in [0.15, 0.2) is 18.2 Å². The van der Waals surface area contributed by atoms with Crippen LogP contribution in [0.4, 0.5) is 11.4 Å². The predicted octanol–water partition coefficient (Wildman–Crippen LogP) is 2.98. The van der Waals surface area contributed by atoms with Crippen molar-refractivity contribution in [3.63, 3.8) is 0 Å². The highest BCUT2D eigenvalue weighted by molar-refractivity contribution is 5.94. The van der Waals surface area contributed by atoms with Crippen LogP contribution in [0.2, 0.25) is 0 Å². The second kappa shape index (κ2) is 5.11. The number of carboxylic acids is 1. The molecule has 0 saturated carbocycles. The third kappa shape index (κ3) is 2.53. The monoisotopic (exact) mass is 262 g/mol. The molecule has 0 unspecified atom stereocenters. The minimum atomic E-state index is -0.970. The van der Waals surface area contributed by atoms with E-state index in [4.69, 9.17) is 10.8 Å². The van der Waals surface area contributed by atoms with Crippen molar-refractivity contribution in [1.29, 1.82) is 0 Å². The average Bonchev–Trinajstić information content (AvgIpc) is 2.83. The molecule has 4 nitrogen and oxygen atoms in total. The third-order valence-electron chi connectivity index (χ3n) is 4.57. The van der Waals surface area contributed by atoms with Crippen molar-refractivity contribution < 1.29 is 9.90 Å². The summed E-state index contributed by atoms with van der Waals surface area (Å²) >= 11 is 0. The van der Waals surface area contributed by atoms with Crippen LogP contribution in [-0.4, -0.2) is 24.2 Å². The van der Waals surface area contributed by atoms with Crippen molar-refractivity contribution in [3.8, 4) is 0 Å². The van der Waals surface area contributed by atoms with Gasteiger partial charge >= 0.3 is 5.97 Å². The van der Waals surface area contributed by atoms with Gasteiger partial charge in [0.15, 0.2) is 0 Å². The fourth-order valence-electron chi connectivity index (χ4n) is 2.92. The molecule has 0 aliphatic carbocycles. The molecule has 0 radical (unpaired) electrons. The molecule has 4 heteroatoms. The first-order valence-corrected chi connectivity index (χ1v) is 6.89. The quantitative estimate of drug-likeness (QED) is 0.819. The van der Waals surface area contributed by atoms with Gasteiger partial charge in [-0.15, -0.1) is 0 Å². The molecule has 1 aliphatic heterocycles. The topological polar surface area (TPSA) is 66.6 Å². The molecule has 0 spiro atoms. The first-order chi connectivity index (χ1) is 9.01. The number of anilines is 2. The zero-order chi connectivity index (χ0) is 14.0. The summed E-state index contributed by atoms with van der Waals surface area (Å²) in [4.78, 5) is 13.3. The van der Waals surface area contributed by atoms with Crippen molar-refractivity contribution >= 4 is 17.3 Å². The lowest BCUT2D eigenvalue weighted by Gasteiger charge is -2.27. The fourth-order valence-corrected chi connectivity index (χ4v) is 2.92. The molecule has 1 aromatic rings. The lowest BCUT2D eigenvalue weighted by atomic mass is 9.82. The number of carbonyl (C=O) groups is 1. The third-order valence-corrected chi connectivity index (χ3v) is 4.57. The second-order valence-electron chi connectivity index (χ2n) is 5.46. The molecule has 104 valence electrons. The molecule has 1 aromatic carbocycles. The van der Waals surface area contributed by atoms with E-state index in [1.54, 1.807) is 12.1 Å². The zero-order valence-corrected chi connectivity index (χ0v) is 11.6. The Morgan fingerprint density at radius 2 is 2.11 bits per heavy atom. The molecule has 3 N–H and O–H groups in total. The summed E-state index contributed by atoms with van der Waals surface area (Å²) < 4.78 is 0. The van der Waals surface area contributed by atoms with Gasteiger partial charge in [-0.25, -0.2) is 4.79 Å². The highest BCUT2D eigenvalue weighted by Gasteiger charge is 2.35. The summed E-state index contributed by atoms with van der Waals surface area (Å²) in [5, 5.41) is 8.99. The van der Waals surface area contributed by atoms with Crippen LogP contribution in [0.25, 0.3) is 0 Å². The van der Waals surface area contributed by atoms with Gasteiger partial charge in [-0.3, -0.25) is 0 Å². The Hall–Kier alpha value is -1.71. The Kier molecular flexibility index (Phi) is 3.69. The lowest BCUT2D eigenvalue weighted by Crippen LogP contribution is -2.26. The number of nitrogens with zero attached hydrogens (tertiary/aromatic N) is 1. The summed E-state index contributed by atoms with van der Waals surface area (Å²) in [6, 6.07) is 5.25. The number of hydrogen-bond donors (Lipinski definition) is 2. The summed E-state index contributed by atoms with van der Waals surface area (Å²) in [6.07, 6.45) is 3.56. The normalized spacial score (nSPS) is 17.7. The van der Waals surface area contributed by atoms with Gasteiger partial charge in [0.25, 0.3) is 0 Å². The van der Waals surface area contributed by atoms with Gasteiger partial charge in [-0.2, -0.15) is 0 Å². The Balaban J connectivity index is 2.21. The van der Waals surface area contributed by atoms with E-state index in [9.17, 15) is 4.79 Å². The van der Waals surface area contributed by atoms with E-state index in [0.717, 1.165) is 18.8 Å². The highest BCUT2D eigenvalue weighted by atomic mass is 16.4. The van der Waals surface area contributed by atoms with Crippen molar-refractivity contribution in [2.24, 2.45) is 5.41 Å². The van der Waals surface area contributed by atoms with Gasteiger partial charge < -0.3 is 15.7 Å². The van der Waals surface area contributed by atoms with Crippen LogP contribution in [0.3, 0.4) is 0 Å². The molecular formula is C15H22N2O2. The van der Waals surface area contributed by atoms with E-state index in [0.29, 0.717) is 11.1 Å². The molecule has 1 saturated heterocycles. The van der Waals surface area contributed by atoms with E-state index in [1.165, 1.54) is 19.3 Å². The van der Waals surface area contributed by atoms with Gasteiger partial charge in [-0.05, 0) is 42.9 Å². The summed E-state index contributed by atoms with van der Waals surface area (Å²) in [7, 11) is 0. The Labute approximate surface area is 114 Å². The maximum atomic E-state index is 11.0. The second-order valence-corrected chi connectivity index (χ2v) is 5.46. The van der Waals surface area contributed by atoms with Gasteiger partial charge in [0, 0.05) is 24.5 Å². The summed E-state index contributed by atoms with van der Waals surface area (Å²) in [5.41, 5.74) is 7.78. The largest absolute Gasteiger partial charge is 0.478 e. The molecule has 0 bridgehead atoms. The standard InChI is InChI=1S/C15H22N2O2/c1-3-15(4-2)7-8-17(10-15)11-5-6-12(14(18)19)13(16)9-11/h5-6,9H,3-4,7-8,10,16H2,1-2H3,(H,18,19). The van der Waals surface area contributed by atoms with Crippen LogP contribution in [0, 0.1) is 5.41 Å². The van der Waals surface area contributed by atoms with Crippen molar-refractivity contribution in [2.45, 2.75) is 33.1 Å². The van der Waals surface area contributed by atoms with E-state index in [1.807, 2.05) is 6.07 Å². The van der Waals surface area contributed by atoms with E-state index < -0.39 is 5.97 Å². The number of nitrogen functional groups attached to an aromatic ring is 1. The highest BCUT2D eigenvalue weighted by Crippen LogP contribution is 2.39. The Morgan fingerprint density at radius 1 is 1.42 bits per heavy atom. The first-order valence-electron chi connectivity index (χ1n) is 6.89. The zero-order valence-electron chi connectivity index (χ0n) is 11.6. The SMILES string of the molecule is CCC1(CC)CCN(c2ccc(C(=O)O)c(N)c2)C1. The van der Waals surface area contributed by atoms with Crippen LogP contribution in [0.1, 0.15) is 43.5 Å². The molecular weight excluding hydrogens is 240 g/mol. The number of aromatic carboxylic acids is 1. The molecule has 1 aliphatic rings. The number of rotatable bonds is 4. The molecule has 1 fully saturated rings. The Bertz CT molecular complexity index is 481. The van der Waals surface area contributed by atoms with E-state index in [2.05, 4.69) is 18.7 Å². The summed E-state index contributed by atoms with van der Waals surface area (Å²) in [6.45, 7) is 6.54. The van der Waals surface area contributed by atoms with Crippen LogP contribution in [0.5, 0.6) is 0 Å². The maximum absolute atomic E-state index is 11.0. The fraction of sp³-hybridized carbons (Fsp3) is 0.533. The number of benzene rings is 1. The van der Waals surface area contributed by atoms with Crippen LogP contribution < -0.4 is 10.6 Å². The number of nitrogens with two attached hydrogens (primary N) is 1.